The van der Waals surface area contributed by atoms with Gasteiger partial charge >= 0.3 is 12.1 Å². The molecule has 0 heterocycles. The fourth-order valence-corrected chi connectivity index (χ4v) is 1.76. The number of carbonyl (C=O) groups is 2. The Balaban J connectivity index is 3.51. The van der Waals surface area contributed by atoms with Crippen LogP contribution in [0, 0.1) is 0 Å². The van der Waals surface area contributed by atoms with Gasteiger partial charge in [-0.25, -0.2) is 4.79 Å². The number of nitrogens with one attached hydrogen (secondary N) is 1. The lowest BCUT2D eigenvalue weighted by molar-refractivity contribution is -0.156. The average molecular weight is 371 g/mol. The van der Waals surface area contributed by atoms with Crippen LogP contribution >= 0.6 is 0 Å². The van der Waals surface area contributed by atoms with Gasteiger partial charge in [0.2, 0.25) is 0 Å². The van der Waals surface area contributed by atoms with Crippen LogP contribution in [0.25, 0.3) is 0 Å². The van der Waals surface area contributed by atoms with Gasteiger partial charge in [0.25, 0.3) is 0 Å². The van der Waals surface area contributed by atoms with Crippen molar-refractivity contribution >= 4 is 12.1 Å². The number of amides is 1. The van der Waals surface area contributed by atoms with Gasteiger partial charge in [-0.05, 0) is 32.8 Å². The Morgan fingerprint density at radius 1 is 1.08 bits per heavy atom. The summed E-state index contributed by atoms with van der Waals surface area (Å²) < 4.78 is 20.8. The van der Waals surface area contributed by atoms with Gasteiger partial charge in [0.05, 0.1) is 32.8 Å². The number of carbonyl (C=O) groups excluding carboxylic acids is 2. The second kappa shape index (κ2) is 14.3. The van der Waals surface area contributed by atoms with Crippen LogP contribution in [0.15, 0.2) is 24.3 Å². The largest absolute Gasteiger partial charge is 0.460 e. The molecule has 0 atom stereocenters. The van der Waals surface area contributed by atoms with E-state index in [0.717, 1.165) is 12.0 Å². The first-order valence-electron chi connectivity index (χ1n) is 8.88. The third-order valence-corrected chi connectivity index (χ3v) is 2.86. The summed E-state index contributed by atoms with van der Waals surface area (Å²) in [4.78, 5) is 22.9. The molecule has 0 radical (unpaired) electrons. The van der Waals surface area contributed by atoms with E-state index in [1.807, 2.05) is 33.8 Å². The zero-order valence-corrected chi connectivity index (χ0v) is 16.5. The lowest BCUT2D eigenvalue weighted by Gasteiger charge is -2.19. The number of esters is 1. The molecule has 0 aliphatic carbocycles. The van der Waals surface area contributed by atoms with E-state index in [0.29, 0.717) is 33.0 Å². The zero-order chi connectivity index (χ0) is 19.8. The molecular weight excluding hydrogens is 338 g/mol. The highest BCUT2D eigenvalue weighted by molar-refractivity contribution is 5.69. The molecule has 0 spiro atoms. The average Bonchev–Trinajstić information content (AvgIpc) is 2.55. The summed E-state index contributed by atoms with van der Waals surface area (Å²) in [5, 5.41) is 2.59. The van der Waals surface area contributed by atoms with Crippen molar-refractivity contribution < 1.29 is 28.5 Å². The van der Waals surface area contributed by atoms with Crippen molar-refractivity contribution in [1.82, 2.24) is 5.32 Å². The van der Waals surface area contributed by atoms with Crippen LogP contribution in [-0.2, 0) is 23.7 Å². The molecule has 0 aromatic rings. The fourth-order valence-electron chi connectivity index (χ4n) is 1.76. The molecule has 150 valence electrons. The van der Waals surface area contributed by atoms with Crippen molar-refractivity contribution in [2.75, 3.05) is 39.6 Å². The molecular formula is C19H33NO6. The second-order valence-corrected chi connectivity index (χ2v) is 6.46. The van der Waals surface area contributed by atoms with Crippen LogP contribution in [-0.4, -0.2) is 57.2 Å². The van der Waals surface area contributed by atoms with Gasteiger partial charge < -0.3 is 24.3 Å². The summed E-state index contributed by atoms with van der Waals surface area (Å²) in [6.45, 7) is 13.1. The molecule has 0 aromatic heterocycles. The lowest BCUT2D eigenvalue weighted by atomic mass is 10.2. The van der Waals surface area contributed by atoms with Crippen LogP contribution in [0.1, 0.15) is 40.5 Å². The van der Waals surface area contributed by atoms with Crippen LogP contribution in [0.5, 0.6) is 0 Å². The third kappa shape index (κ3) is 15.7. The van der Waals surface area contributed by atoms with Crippen LogP contribution in [0.4, 0.5) is 4.79 Å². The molecule has 0 aliphatic rings. The molecule has 1 N–H and O–H groups in total. The third-order valence-electron chi connectivity index (χ3n) is 2.86. The predicted molar refractivity (Wildman–Crippen MR) is 100 cm³/mol. The Labute approximate surface area is 156 Å². The second-order valence-electron chi connectivity index (χ2n) is 6.46. The van der Waals surface area contributed by atoms with E-state index in [2.05, 4.69) is 11.9 Å². The minimum absolute atomic E-state index is 0.204. The number of rotatable bonds is 13. The highest BCUT2D eigenvalue weighted by Crippen LogP contribution is 2.08. The first-order chi connectivity index (χ1) is 12.3. The van der Waals surface area contributed by atoms with Crippen molar-refractivity contribution in [3.63, 3.8) is 0 Å². The number of allylic oxidation sites excluding steroid dienone is 1. The first kappa shape index (κ1) is 24.1. The molecule has 0 bridgehead atoms. The van der Waals surface area contributed by atoms with Gasteiger partial charge in [-0.15, -0.1) is 0 Å². The van der Waals surface area contributed by atoms with Crippen LogP contribution in [0.3, 0.4) is 0 Å². The molecule has 7 heteroatoms. The maximum atomic E-state index is 11.5. The summed E-state index contributed by atoms with van der Waals surface area (Å²) in [6.07, 6.45) is 4.20. The topological polar surface area (TPSA) is 83.1 Å². The van der Waals surface area contributed by atoms with Crippen molar-refractivity contribution in [2.24, 2.45) is 0 Å². The Morgan fingerprint density at radius 3 is 2.31 bits per heavy atom. The Bertz CT molecular complexity index is 453. The van der Waals surface area contributed by atoms with Gasteiger partial charge in [-0.1, -0.05) is 25.7 Å². The van der Waals surface area contributed by atoms with Crippen molar-refractivity contribution in [3.8, 4) is 0 Å². The summed E-state index contributed by atoms with van der Waals surface area (Å²) in [5.74, 6) is -0.283. The molecule has 0 aromatic carbocycles. The molecule has 0 rings (SSSR count). The van der Waals surface area contributed by atoms with Gasteiger partial charge in [0.1, 0.15) is 12.2 Å². The highest BCUT2D eigenvalue weighted by Gasteiger charge is 2.15. The monoisotopic (exact) mass is 371 g/mol. The van der Waals surface area contributed by atoms with Crippen LogP contribution in [0.2, 0.25) is 0 Å². The summed E-state index contributed by atoms with van der Waals surface area (Å²) in [6, 6.07) is 0. The summed E-state index contributed by atoms with van der Waals surface area (Å²) in [5.41, 5.74) is 0.399. The molecule has 0 saturated heterocycles. The zero-order valence-electron chi connectivity index (χ0n) is 16.5. The first-order valence-corrected chi connectivity index (χ1v) is 8.88. The number of hydrogen-bond donors (Lipinski definition) is 1. The lowest BCUT2D eigenvalue weighted by Crippen LogP contribution is -2.28. The van der Waals surface area contributed by atoms with E-state index in [4.69, 9.17) is 18.9 Å². The Kier molecular flexibility index (Phi) is 13.3. The smallest absolute Gasteiger partial charge is 0.407 e. The predicted octanol–water partition coefficient (Wildman–Crippen LogP) is 3.00. The SMILES string of the molecule is C=C/C(=C\CC)COC(=O)NCCOCCOCCC(=O)OC(C)(C)C. The fraction of sp³-hybridized carbons (Fsp3) is 0.684. The van der Waals surface area contributed by atoms with Crippen molar-refractivity contribution in [3.05, 3.63) is 24.3 Å². The Hall–Kier alpha value is -1.86. The summed E-state index contributed by atoms with van der Waals surface area (Å²) in [7, 11) is 0. The van der Waals surface area contributed by atoms with Crippen molar-refractivity contribution in [1.29, 1.82) is 0 Å². The molecule has 1 amide bonds. The minimum Gasteiger partial charge on any atom is -0.460 e. The van der Waals surface area contributed by atoms with E-state index in [1.165, 1.54) is 0 Å². The van der Waals surface area contributed by atoms with E-state index < -0.39 is 11.7 Å². The van der Waals surface area contributed by atoms with Gasteiger partial charge in [0.15, 0.2) is 0 Å². The highest BCUT2D eigenvalue weighted by atomic mass is 16.6. The minimum atomic E-state index is -0.494. The van der Waals surface area contributed by atoms with Crippen molar-refractivity contribution in [2.45, 2.75) is 46.1 Å². The van der Waals surface area contributed by atoms with Gasteiger partial charge in [0, 0.05) is 6.54 Å². The molecule has 26 heavy (non-hydrogen) atoms. The van der Waals surface area contributed by atoms with E-state index in [-0.39, 0.29) is 19.0 Å². The van der Waals surface area contributed by atoms with E-state index in [1.54, 1.807) is 6.08 Å². The number of hydrogen-bond acceptors (Lipinski definition) is 6. The number of alkyl carbamates (subject to hydrolysis) is 1. The number of ether oxygens (including phenoxy) is 4. The van der Waals surface area contributed by atoms with Gasteiger partial charge in [-0.3, -0.25) is 4.79 Å². The van der Waals surface area contributed by atoms with Crippen LogP contribution < -0.4 is 5.32 Å². The Morgan fingerprint density at radius 2 is 1.73 bits per heavy atom. The molecule has 0 fully saturated rings. The molecule has 0 unspecified atom stereocenters. The normalized spacial score (nSPS) is 11.8. The quantitative estimate of drug-likeness (QED) is 0.304. The maximum absolute atomic E-state index is 11.5. The standard InChI is InChI=1S/C19H33NO6/c1-6-8-16(7-2)15-25-18(22)20-10-12-24-14-13-23-11-9-17(21)26-19(3,4)5/h7-8H,2,6,9-15H2,1,3-5H3,(H,20,22)/b16-8+. The van der Waals surface area contributed by atoms with Gasteiger partial charge in [-0.2, -0.15) is 0 Å². The maximum Gasteiger partial charge on any atom is 0.407 e. The van der Waals surface area contributed by atoms with E-state index >= 15 is 0 Å². The summed E-state index contributed by atoms with van der Waals surface area (Å²) >= 11 is 0. The van der Waals surface area contributed by atoms with E-state index in [9.17, 15) is 9.59 Å². The molecule has 7 nitrogen and oxygen atoms in total. The molecule has 0 saturated carbocycles. The molecule has 0 aliphatic heterocycles.